The Hall–Kier alpha value is -1.32. The molecule has 0 aliphatic heterocycles. The maximum atomic E-state index is 5.71. The van der Waals surface area contributed by atoms with Crippen molar-refractivity contribution in [2.24, 2.45) is 0 Å². The quantitative estimate of drug-likeness (QED) is 0.814. The van der Waals surface area contributed by atoms with Crippen molar-refractivity contribution in [3.8, 4) is 5.75 Å². The van der Waals surface area contributed by atoms with Gasteiger partial charge in [0.2, 0.25) is 0 Å². The Labute approximate surface area is 125 Å². The second kappa shape index (κ2) is 7.46. The van der Waals surface area contributed by atoms with Crippen LogP contribution in [0.1, 0.15) is 37.9 Å². The predicted octanol–water partition coefficient (Wildman–Crippen LogP) is 4.43. The average Bonchev–Trinajstić information content (AvgIpc) is 2.92. The zero-order chi connectivity index (χ0) is 14.4. The molecule has 0 radical (unpaired) electrons. The fourth-order valence-corrected chi connectivity index (χ4v) is 3.14. The first-order chi connectivity index (χ1) is 9.70. The van der Waals surface area contributed by atoms with Crippen LogP contribution in [0.5, 0.6) is 5.75 Å². The molecule has 0 saturated carbocycles. The number of hydrogen-bond donors (Lipinski definition) is 1. The van der Waals surface area contributed by atoms with Gasteiger partial charge in [-0.2, -0.15) is 11.3 Å². The van der Waals surface area contributed by atoms with Gasteiger partial charge in [0.15, 0.2) is 0 Å². The van der Waals surface area contributed by atoms with Crippen LogP contribution in [0, 0.1) is 0 Å². The van der Waals surface area contributed by atoms with E-state index in [-0.39, 0.29) is 6.04 Å². The van der Waals surface area contributed by atoms with Gasteiger partial charge in [0, 0.05) is 17.6 Å². The van der Waals surface area contributed by atoms with Crippen molar-refractivity contribution in [2.45, 2.75) is 39.3 Å². The molecule has 0 saturated heterocycles. The number of thiophene rings is 1. The van der Waals surface area contributed by atoms with Crippen molar-refractivity contribution in [3.63, 3.8) is 0 Å². The van der Waals surface area contributed by atoms with E-state index in [1.165, 1.54) is 11.1 Å². The van der Waals surface area contributed by atoms with Crippen molar-refractivity contribution in [1.29, 1.82) is 0 Å². The van der Waals surface area contributed by atoms with Gasteiger partial charge in [0.05, 0.1) is 6.61 Å². The summed E-state index contributed by atoms with van der Waals surface area (Å²) in [6.45, 7) is 7.15. The Morgan fingerprint density at radius 3 is 2.70 bits per heavy atom. The van der Waals surface area contributed by atoms with Crippen molar-refractivity contribution in [1.82, 2.24) is 5.32 Å². The zero-order valence-corrected chi connectivity index (χ0v) is 13.2. The second-order valence-corrected chi connectivity index (χ2v) is 5.88. The van der Waals surface area contributed by atoms with Gasteiger partial charge in [0.1, 0.15) is 5.75 Å². The highest BCUT2D eigenvalue weighted by molar-refractivity contribution is 7.07. The van der Waals surface area contributed by atoms with Crippen LogP contribution in [0.15, 0.2) is 41.1 Å². The summed E-state index contributed by atoms with van der Waals surface area (Å²) in [7, 11) is 0. The molecule has 1 aromatic carbocycles. The Kier molecular flexibility index (Phi) is 5.62. The summed E-state index contributed by atoms with van der Waals surface area (Å²) < 4.78 is 5.71. The van der Waals surface area contributed by atoms with Gasteiger partial charge in [-0.25, -0.2) is 0 Å². The number of nitrogens with one attached hydrogen (secondary N) is 1. The maximum Gasteiger partial charge on any atom is 0.124 e. The zero-order valence-electron chi connectivity index (χ0n) is 12.4. The second-order valence-electron chi connectivity index (χ2n) is 5.10. The third-order valence-corrected chi connectivity index (χ3v) is 4.07. The van der Waals surface area contributed by atoms with E-state index in [1.807, 2.05) is 19.1 Å². The third kappa shape index (κ3) is 4.09. The molecule has 0 aliphatic carbocycles. The molecule has 2 atom stereocenters. The van der Waals surface area contributed by atoms with E-state index in [0.717, 1.165) is 12.2 Å². The minimum atomic E-state index is 0.284. The molecule has 2 nitrogen and oxygen atoms in total. The lowest BCUT2D eigenvalue weighted by Crippen LogP contribution is -2.30. The molecule has 2 rings (SSSR count). The standard InChI is InChI=1S/C17H23NOS/c1-4-19-17-8-6-5-7-16(17)14(3)18-13(2)11-15-9-10-20-12-15/h5-10,12-14,18H,4,11H2,1-3H3. The smallest absolute Gasteiger partial charge is 0.124 e. The van der Waals surface area contributed by atoms with Crippen LogP contribution in [0.3, 0.4) is 0 Å². The summed E-state index contributed by atoms with van der Waals surface area (Å²) in [4.78, 5) is 0. The van der Waals surface area contributed by atoms with E-state index in [1.54, 1.807) is 11.3 Å². The number of rotatable bonds is 7. The molecule has 108 valence electrons. The summed E-state index contributed by atoms with van der Waals surface area (Å²) in [5.41, 5.74) is 2.63. The fraction of sp³-hybridized carbons (Fsp3) is 0.412. The lowest BCUT2D eigenvalue weighted by Gasteiger charge is -2.22. The highest BCUT2D eigenvalue weighted by Gasteiger charge is 2.14. The first kappa shape index (κ1) is 15.1. The predicted molar refractivity (Wildman–Crippen MR) is 86.6 cm³/mol. The van der Waals surface area contributed by atoms with Crippen LogP contribution in [0.2, 0.25) is 0 Å². The van der Waals surface area contributed by atoms with Gasteiger partial charge in [-0.05, 0) is 55.6 Å². The van der Waals surface area contributed by atoms with Crippen LogP contribution >= 0.6 is 11.3 Å². The summed E-state index contributed by atoms with van der Waals surface area (Å²) in [6.07, 6.45) is 1.06. The summed E-state index contributed by atoms with van der Waals surface area (Å²) in [6, 6.07) is 11.2. The molecule has 20 heavy (non-hydrogen) atoms. The average molecular weight is 289 g/mol. The van der Waals surface area contributed by atoms with Crippen molar-refractivity contribution in [3.05, 3.63) is 52.2 Å². The monoisotopic (exact) mass is 289 g/mol. The van der Waals surface area contributed by atoms with Gasteiger partial charge in [-0.15, -0.1) is 0 Å². The number of para-hydroxylation sites is 1. The van der Waals surface area contributed by atoms with Gasteiger partial charge in [0.25, 0.3) is 0 Å². The first-order valence-corrected chi connectivity index (χ1v) is 8.13. The Bertz CT molecular complexity index is 509. The molecular formula is C17H23NOS. The van der Waals surface area contributed by atoms with Gasteiger partial charge in [-0.1, -0.05) is 18.2 Å². The molecule has 1 heterocycles. The third-order valence-electron chi connectivity index (χ3n) is 3.34. The van der Waals surface area contributed by atoms with Crippen molar-refractivity contribution in [2.75, 3.05) is 6.61 Å². The molecule has 3 heteroatoms. The minimum absolute atomic E-state index is 0.284. The molecule has 0 aliphatic rings. The first-order valence-electron chi connectivity index (χ1n) is 7.19. The van der Waals surface area contributed by atoms with E-state index in [2.05, 4.69) is 48.1 Å². The molecular weight excluding hydrogens is 266 g/mol. The molecule has 1 aromatic heterocycles. The molecule has 2 aromatic rings. The normalized spacial score (nSPS) is 13.9. The van der Waals surface area contributed by atoms with E-state index in [0.29, 0.717) is 12.6 Å². The van der Waals surface area contributed by atoms with Gasteiger partial charge < -0.3 is 10.1 Å². The maximum absolute atomic E-state index is 5.71. The van der Waals surface area contributed by atoms with Crippen molar-refractivity contribution >= 4 is 11.3 Å². The van der Waals surface area contributed by atoms with Crippen LogP contribution in [0.25, 0.3) is 0 Å². The fourth-order valence-electron chi connectivity index (χ4n) is 2.46. The lowest BCUT2D eigenvalue weighted by molar-refractivity contribution is 0.330. The van der Waals surface area contributed by atoms with Crippen LogP contribution in [-0.4, -0.2) is 12.6 Å². The summed E-state index contributed by atoms with van der Waals surface area (Å²) >= 11 is 1.76. The molecule has 0 spiro atoms. The van der Waals surface area contributed by atoms with E-state index >= 15 is 0 Å². The van der Waals surface area contributed by atoms with Crippen molar-refractivity contribution < 1.29 is 4.74 Å². The van der Waals surface area contributed by atoms with Gasteiger partial charge in [-0.3, -0.25) is 0 Å². The number of hydrogen-bond acceptors (Lipinski definition) is 3. The number of benzene rings is 1. The summed E-state index contributed by atoms with van der Waals surface area (Å²) in [5.74, 6) is 0.984. The van der Waals surface area contributed by atoms with Crippen LogP contribution in [0.4, 0.5) is 0 Å². The highest BCUT2D eigenvalue weighted by Crippen LogP contribution is 2.25. The molecule has 0 amide bonds. The largest absolute Gasteiger partial charge is 0.494 e. The topological polar surface area (TPSA) is 21.3 Å². The van der Waals surface area contributed by atoms with E-state index < -0.39 is 0 Å². The minimum Gasteiger partial charge on any atom is -0.494 e. The SMILES string of the molecule is CCOc1ccccc1C(C)NC(C)Cc1ccsc1. The molecule has 1 N–H and O–H groups in total. The van der Waals surface area contributed by atoms with E-state index in [4.69, 9.17) is 4.74 Å². The van der Waals surface area contributed by atoms with Crippen LogP contribution < -0.4 is 10.1 Å². The highest BCUT2D eigenvalue weighted by atomic mass is 32.1. The molecule has 0 fully saturated rings. The Morgan fingerprint density at radius 2 is 2.00 bits per heavy atom. The lowest BCUT2D eigenvalue weighted by atomic mass is 10.0. The molecule has 2 unspecified atom stereocenters. The number of ether oxygens (including phenoxy) is 1. The Morgan fingerprint density at radius 1 is 1.20 bits per heavy atom. The summed E-state index contributed by atoms with van der Waals surface area (Å²) in [5, 5.41) is 8.01. The Balaban J connectivity index is 1.98. The van der Waals surface area contributed by atoms with Gasteiger partial charge >= 0.3 is 0 Å². The van der Waals surface area contributed by atoms with Crippen LogP contribution in [-0.2, 0) is 6.42 Å². The molecule has 0 bridgehead atoms. The van der Waals surface area contributed by atoms with E-state index in [9.17, 15) is 0 Å².